The van der Waals surface area contributed by atoms with Crippen molar-refractivity contribution in [3.8, 4) is 0 Å². The molecule has 0 unspecified atom stereocenters. The van der Waals surface area contributed by atoms with Crippen LogP contribution in [0.2, 0.25) is 0 Å². The lowest BCUT2D eigenvalue weighted by atomic mass is 10.2. The molecule has 0 saturated carbocycles. The second kappa shape index (κ2) is 6.64. The highest BCUT2D eigenvalue weighted by molar-refractivity contribution is 7.99. The Kier molecular flexibility index (Phi) is 4.87. The normalized spacial score (nSPS) is 16.3. The summed E-state index contributed by atoms with van der Waals surface area (Å²) in [5.74, 6) is 0.692. The average Bonchev–Trinajstić information content (AvgIpc) is 2.66. The Morgan fingerprint density at radius 1 is 1.28 bits per heavy atom. The van der Waals surface area contributed by atoms with Gasteiger partial charge in [-0.1, -0.05) is 24.6 Å². The van der Waals surface area contributed by atoms with Gasteiger partial charge in [-0.05, 0) is 25.0 Å². The number of hydrogen-bond acceptors (Lipinski definition) is 4. The van der Waals surface area contributed by atoms with Crippen LogP contribution < -0.4 is 5.73 Å². The average molecular weight is 265 g/mol. The van der Waals surface area contributed by atoms with Crippen LogP contribution in [0.1, 0.15) is 25.7 Å². The molecule has 1 saturated heterocycles. The fourth-order valence-electron chi connectivity index (χ4n) is 2.02. The monoisotopic (exact) mass is 265 g/mol. The molecule has 1 aliphatic rings. The molecule has 1 amide bonds. The van der Waals surface area contributed by atoms with Gasteiger partial charge in [-0.3, -0.25) is 4.79 Å². The van der Waals surface area contributed by atoms with E-state index in [-0.39, 0.29) is 5.91 Å². The minimum Gasteiger partial charge on any atom is -0.397 e. The highest BCUT2D eigenvalue weighted by Crippen LogP contribution is 2.18. The molecular formula is C13H19N3OS. The van der Waals surface area contributed by atoms with Crippen molar-refractivity contribution in [2.45, 2.75) is 30.7 Å². The zero-order chi connectivity index (χ0) is 12.8. The van der Waals surface area contributed by atoms with Crippen molar-refractivity contribution in [1.29, 1.82) is 0 Å². The van der Waals surface area contributed by atoms with Crippen LogP contribution in [0.4, 0.5) is 5.69 Å². The summed E-state index contributed by atoms with van der Waals surface area (Å²) in [5.41, 5.74) is 6.22. The lowest BCUT2D eigenvalue weighted by molar-refractivity contribution is -0.128. The molecule has 2 heterocycles. The van der Waals surface area contributed by atoms with Crippen LogP contribution in [0.5, 0.6) is 0 Å². The molecule has 0 aromatic carbocycles. The molecule has 1 aliphatic heterocycles. The molecule has 0 radical (unpaired) electrons. The molecule has 0 spiro atoms. The van der Waals surface area contributed by atoms with Gasteiger partial charge in [-0.25, -0.2) is 4.98 Å². The summed E-state index contributed by atoms with van der Waals surface area (Å²) in [4.78, 5) is 18.2. The number of nitrogens with zero attached hydrogens (tertiary/aromatic N) is 2. The minimum absolute atomic E-state index is 0.223. The number of thioether (sulfide) groups is 1. The van der Waals surface area contributed by atoms with Gasteiger partial charge in [0.05, 0.1) is 22.7 Å². The van der Waals surface area contributed by atoms with Crippen LogP contribution in [0.15, 0.2) is 23.4 Å². The summed E-state index contributed by atoms with van der Waals surface area (Å²) >= 11 is 1.48. The summed E-state index contributed by atoms with van der Waals surface area (Å²) in [6.07, 6.45) is 6.39. The molecule has 1 fully saturated rings. The van der Waals surface area contributed by atoms with Crippen molar-refractivity contribution < 1.29 is 4.79 Å². The highest BCUT2D eigenvalue weighted by Gasteiger charge is 2.15. The SMILES string of the molecule is Nc1ccc(SCC(=O)N2CCCCCC2)nc1. The molecule has 0 bridgehead atoms. The van der Waals surface area contributed by atoms with E-state index in [1.165, 1.54) is 24.6 Å². The molecule has 1 aromatic heterocycles. The van der Waals surface area contributed by atoms with E-state index in [4.69, 9.17) is 5.73 Å². The standard InChI is InChI=1S/C13H19N3OS/c14-11-5-6-12(15-9-11)18-10-13(17)16-7-3-1-2-4-8-16/h5-6,9H,1-4,7-8,10,14H2. The van der Waals surface area contributed by atoms with E-state index in [0.717, 1.165) is 31.0 Å². The molecule has 5 heteroatoms. The number of nitrogens with two attached hydrogens (primary N) is 1. The first kappa shape index (κ1) is 13.2. The molecule has 2 N–H and O–H groups in total. The number of anilines is 1. The van der Waals surface area contributed by atoms with Gasteiger partial charge < -0.3 is 10.6 Å². The predicted molar refractivity (Wildman–Crippen MR) is 74.4 cm³/mol. The maximum atomic E-state index is 12.0. The van der Waals surface area contributed by atoms with Gasteiger partial charge in [-0.15, -0.1) is 0 Å². The second-order valence-corrected chi connectivity index (χ2v) is 5.51. The number of carbonyl (C=O) groups excluding carboxylic acids is 1. The summed E-state index contributed by atoms with van der Waals surface area (Å²) in [7, 11) is 0. The molecule has 0 atom stereocenters. The minimum atomic E-state index is 0.223. The Balaban J connectivity index is 1.81. The largest absolute Gasteiger partial charge is 0.397 e. The molecular weight excluding hydrogens is 246 g/mol. The van der Waals surface area contributed by atoms with E-state index in [1.807, 2.05) is 17.0 Å². The molecule has 18 heavy (non-hydrogen) atoms. The maximum Gasteiger partial charge on any atom is 0.232 e. The summed E-state index contributed by atoms with van der Waals surface area (Å²) in [5, 5.41) is 0.854. The van der Waals surface area contributed by atoms with Crippen molar-refractivity contribution in [3.05, 3.63) is 18.3 Å². The van der Waals surface area contributed by atoms with E-state index >= 15 is 0 Å². The summed E-state index contributed by atoms with van der Waals surface area (Å²) in [6, 6.07) is 3.67. The quantitative estimate of drug-likeness (QED) is 0.851. The van der Waals surface area contributed by atoms with Gasteiger partial charge in [0.15, 0.2) is 0 Å². The number of likely N-dealkylation sites (tertiary alicyclic amines) is 1. The summed E-state index contributed by atoms with van der Waals surface area (Å²) in [6.45, 7) is 1.82. The Hall–Kier alpha value is -1.23. The predicted octanol–water partition coefficient (Wildman–Crippen LogP) is 2.16. The van der Waals surface area contributed by atoms with Crippen LogP contribution in [-0.4, -0.2) is 34.6 Å². The number of aromatic nitrogens is 1. The van der Waals surface area contributed by atoms with Gasteiger partial charge in [0, 0.05) is 13.1 Å². The van der Waals surface area contributed by atoms with Gasteiger partial charge in [0.1, 0.15) is 0 Å². The van der Waals surface area contributed by atoms with Crippen molar-refractivity contribution in [1.82, 2.24) is 9.88 Å². The first-order valence-electron chi connectivity index (χ1n) is 6.38. The van der Waals surface area contributed by atoms with Crippen molar-refractivity contribution in [3.63, 3.8) is 0 Å². The van der Waals surface area contributed by atoms with Crippen LogP contribution in [0, 0.1) is 0 Å². The number of amides is 1. The van der Waals surface area contributed by atoms with E-state index in [1.54, 1.807) is 6.20 Å². The smallest absolute Gasteiger partial charge is 0.232 e. The third kappa shape index (κ3) is 3.91. The Morgan fingerprint density at radius 2 is 2.00 bits per heavy atom. The Bertz CT molecular complexity index is 386. The third-order valence-corrected chi connectivity index (χ3v) is 3.99. The first-order chi connectivity index (χ1) is 8.75. The number of rotatable bonds is 3. The van der Waals surface area contributed by atoms with Gasteiger partial charge in [0.2, 0.25) is 5.91 Å². The molecule has 4 nitrogen and oxygen atoms in total. The fourth-order valence-corrected chi connectivity index (χ4v) is 2.77. The van der Waals surface area contributed by atoms with Crippen LogP contribution in [0.25, 0.3) is 0 Å². The van der Waals surface area contributed by atoms with E-state index < -0.39 is 0 Å². The third-order valence-electron chi connectivity index (χ3n) is 3.06. The lowest BCUT2D eigenvalue weighted by Crippen LogP contribution is -2.33. The number of pyridine rings is 1. The number of carbonyl (C=O) groups is 1. The Labute approximate surface area is 112 Å². The zero-order valence-corrected chi connectivity index (χ0v) is 11.3. The van der Waals surface area contributed by atoms with Crippen molar-refractivity contribution in [2.75, 3.05) is 24.6 Å². The highest BCUT2D eigenvalue weighted by atomic mass is 32.2. The van der Waals surface area contributed by atoms with E-state index in [0.29, 0.717) is 11.4 Å². The molecule has 1 aromatic rings. The summed E-state index contributed by atoms with van der Waals surface area (Å²) < 4.78 is 0. The van der Waals surface area contributed by atoms with Gasteiger partial charge in [0.25, 0.3) is 0 Å². The zero-order valence-electron chi connectivity index (χ0n) is 10.5. The van der Waals surface area contributed by atoms with E-state index in [2.05, 4.69) is 4.98 Å². The Morgan fingerprint density at radius 3 is 2.61 bits per heavy atom. The van der Waals surface area contributed by atoms with Gasteiger partial charge >= 0.3 is 0 Å². The van der Waals surface area contributed by atoms with E-state index in [9.17, 15) is 4.79 Å². The van der Waals surface area contributed by atoms with Gasteiger partial charge in [-0.2, -0.15) is 0 Å². The maximum absolute atomic E-state index is 12.0. The van der Waals surface area contributed by atoms with Crippen LogP contribution >= 0.6 is 11.8 Å². The molecule has 0 aliphatic carbocycles. The van der Waals surface area contributed by atoms with Crippen molar-refractivity contribution >= 4 is 23.4 Å². The first-order valence-corrected chi connectivity index (χ1v) is 7.36. The number of nitrogen functional groups attached to an aromatic ring is 1. The molecule has 2 rings (SSSR count). The van der Waals surface area contributed by atoms with Crippen LogP contribution in [0.3, 0.4) is 0 Å². The topological polar surface area (TPSA) is 59.2 Å². The molecule has 98 valence electrons. The van der Waals surface area contributed by atoms with Crippen molar-refractivity contribution in [2.24, 2.45) is 0 Å². The second-order valence-electron chi connectivity index (χ2n) is 4.51. The van der Waals surface area contributed by atoms with Crippen LogP contribution in [-0.2, 0) is 4.79 Å². The lowest BCUT2D eigenvalue weighted by Gasteiger charge is -2.19. The fraction of sp³-hybridized carbons (Fsp3) is 0.538. The number of hydrogen-bond donors (Lipinski definition) is 1.